The zero-order chi connectivity index (χ0) is 15.5. The van der Waals surface area contributed by atoms with Crippen molar-refractivity contribution in [2.75, 3.05) is 26.2 Å². The molecule has 1 aromatic carbocycles. The van der Waals surface area contributed by atoms with Crippen LogP contribution in [0.1, 0.15) is 22.0 Å². The monoisotopic (exact) mass is 389 g/mol. The van der Waals surface area contributed by atoms with Crippen LogP contribution in [0, 0.1) is 17.1 Å². The molecule has 1 aliphatic heterocycles. The Labute approximate surface area is 156 Å². The second kappa shape index (κ2) is 9.21. The summed E-state index contributed by atoms with van der Waals surface area (Å²) in [4.78, 5) is 3.32. The van der Waals surface area contributed by atoms with E-state index < -0.39 is 5.82 Å². The van der Waals surface area contributed by atoms with Crippen LogP contribution in [-0.4, -0.2) is 36.2 Å². The molecule has 1 aliphatic rings. The Morgan fingerprint density at radius 2 is 1.96 bits per heavy atom. The standard InChI is InChI=1S/C16H16FN3OS.2ClH/c17-13-4-3-11(16(21)12(13)10-18)15(14-2-1-9-22-14)20-7-5-19-6-8-20;;/h1-4,9,15,19,21H,5-8H2;2*1H/t15-;;/m0../s1. The van der Waals surface area contributed by atoms with Crippen LogP contribution in [0.4, 0.5) is 4.39 Å². The number of nitrogens with one attached hydrogen (secondary N) is 1. The molecule has 3 rings (SSSR count). The number of hydrogen-bond acceptors (Lipinski definition) is 5. The van der Waals surface area contributed by atoms with Crippen LogP contribution in [0.2, 0.25) is 0 Å². The van der Waals surface area contributed by atoms with Crippen LogP contribution in [0.3, 0.4) is 0 Å². The minimum Gasteiger partial charge on any atom is -0.506 e. The molecule has 0 spiro atoms. The summed E-state index contributed by atoms with van der Waals surface area (Å²) in [5.74, 6) is -0.937. The van der Waals surface area contributed by atoms with Gasteiger partial charge in [0, 0.05) is 36.6 Å². The number of piperazine rings is 1. The van der Waals surface area contributed by atoms with E-state index in [1.165, 1.54) is 6.07 Å². The summed E-state index contributed by atoms with van der Waals surface area (Å²) in [5, 5.41) is 24.7. The number of hydrogen-bond donors (Lipinski definition) is 2. The molecule has 2 heterocycles. The highest BCUT2D eigenvalue weighted by Gasteiger charge is 2.28. The summed E-state index contributed by atoms with van der Waals surface area (Å²) >= 11 is 1.60. The number of benzene rings is 1. The Morgan fingerprint density at radius 1 is 1.25 bits per heavy atom. The molecule has 0 bridgehead atoms. The number of nitriles is 1. The molecule has 2 aromatic rings. The van der Waals surface area contributed by atoms with Gasteiger partial charge in [0.2, 0.25) is 0 Å². The predicted octanol–water partition coefficient (Wildman–Crippen LogP) is 3.30. The lowest BCUT2D eigenvalue weighted by Gasteiger charge is -2.35. The molecule has 0 aliphatic carbocycles. The minimum absolute atomic E-state index is 0. The molecule has 0 radical (unpaired) electrons. The SMILES string of the molecule is Cl.Cl.N#Cc1c(F)ccc([C@@H](c2cccs2)N2CCNCC2)c1O. The molecule has 4 nitrogen and oxygen atoms in total. The molecular formula is C16H18Cl2FN3OS. The molecule has 2 N–H and O–H groups in total. The summed E-state index contributed by atoms with van der Waals surface area (Å²) in [6.45, 7) is 3.41. The van der Waals surface area contributed by atoms with Gasteiger partial charge in [0.25, 0.3) is 0 Å². The molecule has 1 saturated heterocycles. The van der Waals surface area contributed by atoms with E-state index in [2.05, 4.69) is 10.2 Å². The van der Waals surface area contributed by atoms with Crippen LogP contribution in [0.5, 0.6) is 5.75 Å². The highest BCUT2D eigenvalue weighted by Crippen LogP contribution is 2.38. The van der Waals surface area contributed by atoms with Crippen molar-refractivity contribution in [2.45, 2.75) is 6.04 Å². The van der Waals surface area contributed by atoms with Crippen molar-refractivity contribution in [1.82, 2.24) is 10.2 Å². The van der Waals surface area contributed by atoms with Crippen LogP contribution >= 0.6 is 36.2 Å². The first-order valence-electron chi connectivity index (χ1n) is 7.12. The van der Waals surface area contributed by atoms with Gasteiger partial charge in [-0.15, -0.1) is 36.2 Å². The van der Waals surface area contributed by atoms with Crippen molar-refractivity contribution in [1.29, 1.82) is 5.26 Å². The third kappa shape index (κ3) is 4.00. The van der Waals surface area contributed by atoms with E-state index in [0.717, 1.165) is 31.1 Å². The fourth-order valence-electron chi connectivity index (χ4n) is 2.83. The zero-order valence-electron chi connectivity index (χ0n) is 12.7. The summed E-state index contributed by atoms with van der Waals surface area (Å²) < 4.78 is 13.7. The molecule has 0 unspecified atom stereocenters. The van der Waals surface area contributed by atoms with Crippen molar-refractivity contribution in [3.8, 4) is 11.8 Å². The molecule has 0 saturated carbocycles. The zero-order valence-corrected chi connectivity index (χ0v) is 15.2. The van der Waals surface area contributed by atoms with Gasteiger partial charge in [0.1, 0.15) is 23.2 Å². The van der Waals surface area contributed by atoms with Crippen LogP contribution in [0.25, 0.3) is 0 Å². The topological polar surface area (TPSA) is 59.3 Å². The third-order valence-electron chi connectivity index (χ3n) is 3.89. The fraction of sp³-hybridized carbons (Fsp3) is 0.312. The third-order valence-corrected chi connectivity index (χ3v) is 4.82. The van der Waals surface area contributed by atoms with E-state index in [0.29, 0.717) is 5.56 Å². The molecule has 8 heteroatoms. The van der Waals surface area contributed by atoms with Gasteiger partial charge in [0.15, 0.2) is 0 Å². The number of rotatable bonds is 3. The lowest BCUT2D eigenvalue weighted by atomic mass is 9.98. The summed E-state index contributed by atoms with van der Waals surface area (Å²) in [6.07, 6.45) is 0. The quantitative estimate of drug-likeness (QED) is 0.845. The van der Waals surface area contributed by atoms with Crippen molar-refractivity contribution >= 4 is 36.2 Å². The first kappa shape index (κ1) is 20.7. The van der Waals surface area contributed by atoms with Gasteiger partial charge >= 0.3 is 0 Å². The van der Waals surface area contributed by atoms with Crippen molar-refractivity contribution in [2.24, 2.45) is 0 Å². The number of halogens is 3. The average molecular weight is 390 g/mol. The Balaban J connectivity index is 0.00000144. The number of phenols is 1. The normalized spacial score (nSPS) is 15.7. The highest BCUT2D eigenvalue weighted by molar-refractivity contribution is 7.10. The average Bonchev–Trinajstić information content (AvgIpc) is 3.05. The summed E-state index contributed by atoms with van der Waals surface area (Å²) in [5.41, 5.74) is 0.302. The second-order valence-corrected chi connectivity index (χ2v) is 6.16. The Bertz CT molecular complexity index is 700. The van der Waals surface area contributed by atoms with Gasteiger partial charge in [-0.2, -0.15) is 5.26 Å². The van der Waals surface area contributed by atoms with E-state index in [9.17, 15) is 9.50 Å². The Hall–Kier alpha value is -1.36. The maximum absolute atomic E-state index is 13.7. The first-order chi connectivity index (χ1) is 10.7. The number of nitrogens with zero attached hydrogens (tertiary/aromatic N) is 2. The van der Waals surface area contributed by atoms with Crippen molar-refractivity contribution in [3.05, 3.63) is 51.5 Å². The van der Waals surface area contributed by atoms with E-state index in [4.69, 9.17) is 5.26 Å². The molecule has 0 amide bonds. The highest BCUT2D eigenvalue weighted by atomic mass is 35.5. The van der Waals surface area contributed by atoms with E-state index >= 15 is 0 Å². The van der Waals surface area contributed by atoms with E-state index in [1.807, 2.05) is 17.5 Å². The van der Waals surface area contributed by atoms with Gasteiger partial charge in [0.05, 0.1) is 6.04 Å². The molecule has 1 atom stereocenters. The second-order valence-electron chi connectivity index (χ2n) is 5.18. The Morgan fingerprint density at radius 3 is 2.54 bits per heavy atom. The lowest BCUT2D eigenvalue weighted by molar-refractivity contribution is 0.198. The largest absolute Gasteiger partial charge is 0.506 e. The number of aromatic hydroxyl groups is 1. The predicted molar refractivity (Wildman–Crippen MR) is 97.9 cm³/mol. The molecule has 1 fully saturated rings. The van der Waals surface area contributed by atoms with Crippen LogP contribution < -0.4 is 5.32 Å². The molecule has 24 heavy (non-hydrogen) atoms. The number of phenolic OH excluding ortho intramolecular Hbond substituents is 1. The minimum atomic E-state index is -0.686. The van der Waals surface area contributed by atoms with Gasteiger partial charge in [-0.1, -0.05) is 12.1 Å². The van der Waals surface area contributed by atoms with Gasteiger partial charge < -0.3 is 10.4 Å². The van der Waals surface area contributed by atoms with Gasteiger partial charge in [-0.05, 0) is 17.5 Å². The van der Waals surface area contributed by atoms with Crippen molar-refractivity contribution < 1.29 is 9.50 Å². The number of thiophene rings is 1. The van der Waals surface area contributed by atoms with Crippen LogP contribution in [-0.2, 0) is 0 Å². The maximum Gasteiger partial charge on any atom is 0.144 e. The maximum atomic E-state index is 13.7. The lowest BCUT2D eigenvalue weighted by Crippen LogP contribution is -2.45. The van der Waals surface area contributed by atoms with E-state index in [1.54, 1.807) is 23.5 Å². The summed E-state index contributed by atoms with van der Waals surface area (Å²) in [7, 11) is 0. The first-order valence-corrected chi connectivity index (χ1v) is 8.00. The van der Waals surface area contributed by atoms with Crippen LogP contribution in [0.15, 0.2) is 29.6 Å². The van der Waals surface area contributed by atoms with Gasteiger partial charge in [-0.25, -0.2) is 4.39 Å². The summed E-state index contributed by atoms with van der Waals surface area (Å²) in [6, 6.07) is 8.40. The smallest absolute Gasteiger partial charge is 0.144 e. The molecule has 1 aromatic heterocycles. The van der Waals surface area contributed by atoms with Gasteiger partial charge in [-0.3, -0.25) is 4.90 Å². The van der Waals surface area contributed by atoms with Crippen molar-refractivity contribution in [3.63, 3.8) is 0 Å². The molecule has 130 valence electrons. The van der Waals surface area contributed by atoms with E-state index in [-0.39, 0.29) is 42.2 Å². The Kier molecular flexibility index (Phi) is 7.94. The fourth-order valence-corrected chi connectivity index (χ4v) is 3.70. The molecular weight excluding hydrogens is 372 g/mol.